The normalized spacial score (nSPS) is 9.88. The summed E-state index contributed by atoms with van der Waals surface area (Å²) >= 11 is 0. The van der Waals surface area contributed by atoms with Crippen LogP contribution in [0.2, 0.25) is 0 Å². The molecule has 0 unspecified atom stereocenters. The van der Waals surface area contributed by atoms with Crippen LogP contribution in [0.4, 0.5) is 0 Å². The number of rotatable bonds is 11. The van der Waals surface area contributed by atoms with E-state index in [2.05, 4.69) is 19.7 Å². The fourth-order valence-corrected chi connectivity index (χ4v) is 3.04. The Labute approximate surface area is 233 Å². The number of carbonyl (C=O) groups excluding carboxylic acids is 5. The largest absolute Gasteiger partial charge is 0.493 e. The fraction of sp³-hybridized carbons (Fsp3) is 0.0333. The van der Waals surface area contributed by atoms with Gasteiger partial charge in [-0.3, -0.25) is 0 Å². The molecule has 0 amide bonds. The van der Waals surface area contributed by atoms with Crippen LogP contribution in [0.5, 0.6) is 34.5 Å². The van der Waals surface area contributed by atoms with E-state index in [9.17, 15) is 24.0 Å². The van der Waals surface area contributed by atoms with Crippen LogP contribution in [-0.2, 0) is 14.4 Å². The third-order valence-electron chi connectivity index (χ3n) is 4.96. The molecule has 0 aliphatic carbocycles. The molecule has 11 nitrogen and oxygen atoms in total. The van der Waals surface area contributed by atoms with Crippen molar-refractivity contribution < 1.29 is 52.4 Å². The summed E-state index contributed by atoms with van der Waals surface area (Å²) in [5.41, 5.74) is 0.0906. The Hall–Kier alpha value is -5.97. The van der Waals surface area contributed by atoms with Gasteiger partial charge in [0.15, 0.2) is 23.0 Å². The molecule has 3 aromatic rings. The molecule has 0 spiro atoms. The van der Waals surface area contributed by atoms with Crippen molar-refractivity contribution in [3.05, 3.63) is 110 Å². The SMILES string of the molecule is C=CC(=O)Oc1ccc(C(=O)Oc2ccc(OC(=O)c3ccc(OC(=O)C=C)c(OC(=O)C=C)c3)cc2)cc1OC. The van der Waals surface area contributed by atoms with Crippen molar-refractivity contribution in [1.29, 1.82) is 0 Å². The molecule has 0 radical (unpaired) electrons. The maximum absolute atomic E-state index is 12.7. The van der Waals surface area contributed by atoms with Crippen molar-refractivity contribution in [1.82, 2.24) is 0 Å². The van der Waals surface area contributed by atoms with E-state index in [1.807, 2.05) is 0 Å². The molecule has 0 saturated carbocycles. The maximum atomic E-state index is 12.7. The van der Waals surface area contributed by atoms with Gasteiger partial charge in [0.1, 0.15) is 11.5 Å². The molecule has 0 atom stereocenters. The summed E-state index contributed by atoms with van der Waals surface area (Å²) in [6.07, 6.45) is 2.80. The van der Waals surface area contributed by atoms with E-state index >= 15 is 0 Å². The molecule has 0 fully saturated rings. The lowest BCUT2D eigenvalue weighted by atomic mass is 10.2. The summed E-state index contributed by atoms with van der Waals surface area (Å²) in [6.45, 7) is 9.91. The van der Waals surface area contributed by atoms with E-state index in [-0.39, 0.29) is 45.6 Å². The number of hydrogen-bond donors (Lipinski definition) is 0. The number of esters is 5. The topological polar surface area (TPSA) is 141 Å². The molecule has 0 aliphatic rings. The van der Waals surface area contributed by atoms with Crippen LogP contribution in [0.15, 0.2) is 98.6 Å². The van der Waals surface area contributed by atoms with Crippen LogP contribution in [0, 0.1) is 0 Å². The highest BCUT2D eigenvalue weighted by Crippen LogP contribution is 2.31. The number of carbonyl (C=O) groups is 5. The van der Waals surface area contributed by atoms with E-state index in [4.69, 9.17) is 28.4 Å². The first-order valence-electron chi connectivity index (χ1n) is 11.6. The molecule has 0 heterocycles. The van der Waals surface area contributed by atoms with Crippen LogP contribution < -0.4 is 28.4 Å². The summed E-state index contributed by atoms with van der Waals surface area (Å²) < 4.78 is 30.9. The molecule has 208 valence electrons. The van der Waals surface area contributed by atoms with Gasteiger partial charge in [0.05, 0.1) is 18.2 Å². The van der Waals surface area contributed by atoms with E-state index in [0.29, 0.717) is 0 Å². The second-order valence-corrected chi connectivity index (χ2v) is 7.65. The Balaban J connectivity index is 1.70. The Morgan fingerprint density at radius 3 is 1.27 bits per heavy atom. The Morgan fingerprint density at radius 2 is 0.878 bits per heavy atom. The maximum Gasteiger partial charge on any atom is 0.343 e. The molecular formula is C30H22O11. The summed E-state index contributed by atoms with van der Waals surface area (Å²) in [7, 11) is 1.34. The molecule has 3 aromatic carbocycles. The van der Waals surface area contributed by atoms with Gasteiger partial charge in [-0.05, 0) is 60.7 Å². The van der Waals surface area contributed by atoms with Gasteiger partial charge < -0.3 is 28.4 Å². The van der Waals surface area contributed by atoms with Crippen LogP contribution in [0.1, 0.15) is 20.7 Å². The first-order valence-corrected chi connectivity index (χ1v) is 11.6. The molecule has 0 saturated heterocycles. The zero-order chi connectivity index (χ0) is 29.9. The minimum Gasteiger partial charge on any atom is -0.493 e. The molecule has 11 heteroatoms. The van der Waals surface area contributed by atoms with Gasteiger partial charge in [-0.15, -0.1) is 0 Å². The average molecular weight is 558 g/mol. The predicted molar refractivity (Wildman–Crippen MR) is 143 cm³/mol. The van der Waals surface area contributed by atoms with Gasteiger partial charge in [-0.1, -0.05) is 19.7 Å². The lowest BCUT2D eigenvalue weighted by Crippen LogP contribution is -2.12. The van der Waals surface area contributed by atoms with Crippen molar-refractivity contribution in [2.45, 2.75) is 0 Å². The first-order chi connectivity index (χ1) is 19.7. The van der Waals surface area contributed by atoms with Crippen LogP contribution in [0.3, 0.4) is 0 Å². The van der Waals surface area contributed by atoms with Crippen molar-refractivity contribution in [2.75, 3.05) is 7.11 Å². The number of benzene rings is 3. The van der Waals surface area contributed by atoms with Crippen LogP contribution in [-0.4, -0.2) is 37.0 Å². The molecule has 0 aliphatic heterocycles. The van der Waals surface area contributed by atoms with E-state index in [1.165, 1.54) is 61.7 Å². The summed E-state index contributed by atoms with van der Waals surface area (Å²) in [4.78, 5) is 60.0. The minimum absolute atomic E-state index is 0.0260. The third-order valence-corrected chi connectivity index (χ3v) is 4.96. The van der Waals surface area contributed by atoms with Crippen molar-refractivity contribution >= 4 is 29.8 Å². The molecule has 0 N–H and O–H groups in total. The van der Waals surface area contributed by atoms with Gasteiger partial charge in [-0.25, -0.2) is 24.0 Å². The van der Waals surface area contributed by atoms with Crippen molar-refractivity contribution in [3.63, 3.8) is 0 Å². The van der Waals surface area contributed by atoms with Crippen molar-refractivity contribution in [2.24, 2.45) is 0 Å². The molecule has 0 bridgehead atoms. The van der Waals surface area contributed by atoms with E-state index in [1.54, 1.807) is 0 Å². The average Bonchev–Trinajstić information content (AvgIpc) is 2.98. The lowest BCUT2D eigenvalue weighted by Gasteiger charge is -2.11. The molecular weight excluding hydrogens is 536 g/mol. The summed E-state index contributed by atoms with van der Waals surface area (Å²) in [5.74, 6) is -3.76. The highest BCUT2D eigenvalue weighted by Gasteiger charge is 2.18. The van der Waals surface area contributed by atoms with Gasteiger partial charge in [-0.2, -0.15) is 0 Å². The molecule has 3 rings (SSSR count). The zero-order valence-electron chi connectivity index (χ0n) is 21.6. The van der Waals surface area contributed by atoms with Gasteiger partial charge in [0.25, 0.3) is 0 Å². The summed E-state index contributed by atoms with van der Waals surface area (Å²) in [5, 5.41) is 0. The predicted octanol–water partition coefficient (Wildman–Crippen LogP) is 4.41. The van der Waals surface area contributed by atoms with E-state index in [0.717, 1.165) is 24.3 Å². The van der Waals surface area contributed by atoms with Crippen LogP contribution >= 0.6 is 0 Å². The highest BCUT2D eigenvalue weighted by molar-refractivity contribution is 5.94. The van der Waals surface area contributed by atoms with Gasteiger partial charge >= 0.3 is 29.8 Å². The van der Waals surface area contributed by atoms with Gasteiger partial charge in [0.2, 0.25) is 0 Å². The number of ether oxygens (including phenoxy) is 6. The highest BCUT2D eigenvalue weighted by atomic mass is 16.6. The first kappa shape index (κ1) is 29.6. The minimum atomic E-state index is -0.845. The Kier molecular flexibility index (Phi) is 9.90. The zero-order valence-corrected chi connectivity index (χ0v) is 21.6. The number of methoxy groups -OCH3 is 1. The standard InChI is InChI=1S/C30H22O11/c1-5-26(31)39-22-14-8-18(16-24(22)36-4)29(34)37-20-10-12-21(13-11-20)38-30(35)19-9-15-23(40-27(32)6-2)25(17-19)41-28(33)7-3/h5-17H,1-3H2,4H3. The third kappa shape index (κ3) is 8.01. The van der Waals surface area contributed by atoms with E-state index < -0.39 is 29.8 Å². The second-order valence-electron chi connectivity index (χ2n) is 7.65. The molecule has 41 heavy (non-hydrogen) atoms. The van der Waals surface area contributed by atoms with Gasteiger partial charge in [0, 0.05) is 18.2 Å². The second kappa shape index (κ2) is 13.7. The smallest absolute Gasteiger partial charge is 0.343 e. The summed E-state index contributed by atoms with van der Waals surface area (Å²) in [6, 6.07) is 13.4. The van der Waals surface area contributed by atoms with Crippen LogP contribution in [0.25, 0.3) is 0 Å². The number of hydrogen-bond acceptors (Lipinski definition) is 11. The molecule has 0 aromatic heterocycles. The Morgan fingerprint density at radius 1 is 0.512 bits per heavy atom. The monoisotopic (exact) mass is 558 g/mol. The van der Waals surface area contributed by atoms with Crippen molar-refractivity contribution in [3.8, 4) is 34.5 Å². The quantitative estimate of drug-likeness (QED) is 0.188. The lowest BCUT2D eigenvalue weighted by molar-refractivity contribution is -0.131. The Bertz CT molecular complexity index is 1530. The fourth-order valence-electron chi connectivity index (χ4n) is 3.04.